The van der Waals surface area contributed by atoms with Crippen molar-refractivity contribution in [1.82, 2.24) is 20.2 Å². The number of benzene rings is 1. The highest BCUT2D eigenvalue weighted by Crippen LogP contribution is 2.17. The highest BCUT2D eigenvalue weighted by atomic mass is 19.1. The van der Waals surface area contributed by atoms with Crippen molar-refractivity contribution in [2.24, 2.45) is 5.92 Å². The molecule has 1 saturated heterocycles. The number of aromatic amines is 1. The second-order valence-corrected chi connectivity index (χ2v) is 6.14. The maximum absolute atomic E-state index is 13.2. The number of carbonyl (C=O) groups is 2. The van der Waals surface area contributed by atoms with Gasteiger partial charge in [-0.15, -0.1) is 0 Å². The van der Waals surface area contributed by atoms with Crippen molar-refractivity contribution in [1.29, 1.82) is 0 Å². The molecule has 8 heteroatoms. The summed E-state index contributed by atoms with van der Waals surface area (Å²) in [5, 5.41) is 2.88. The van der Waals surface area contributed by atoms with E-state index in [4.69, 9.17) is 4.74 Å². The van der Waals surface area contributed by atoms with Crippen LogP contribution in [0, 0.1) is 11.7 Å². The van der Waals surface area contributed by atoms with E-state index in [1.165, 1.54) is 19.2 Å². The number of amides is 2. The van der Waals surface area contributed by atoms with Crippen molar-refractivity contribution in [3.8, 4) is 0 Å². The molecule has 1 aliphatic heterocycles. The lowest BCUT2D eigenvalue weighted by Gasteiger charge is -2.30. The third-order valence-electron chi connectivity index (χ3n) is 4.38. The normalized spacial score (nSPS) is 17.5. The Labute approximate surface area is 144 Å². The minimum atomic E-state index is -0.396. The second kappa shape index (κ2) is 7.50. The number of aromatic nitrogens is 2. The average molecular weight is 348 g/mol. The van der Waals surface area contributed by atoms with Crippen LogP contribution in [0.4, 0.5) is 9.18 Å². The summed E-state index contributed by atoms with van der Waals surface area (Å²) >= 11 is 0. The van der Waals surface area contributed by atoms with Gasteiger partial charge in [0.15, 0.2) is 0 Å². The summed E-state index contributed by atoms with van der Waals surface area (Å²) in [4.78, 5) is 32.8. The van der Waals surface area contributed by atoms with Gasteiger partial charge < -0.3 is 19.9 Å². The van der Waals surface area contributed by atoms with Gasteiger partial charge in [0, 0.05) is 26.1 Å². The molecule has 1 fully saturated rings. The van der Waals surface area contributed by atoms with Gasteiger partial charge in [-0.1, -0.05) is 0 Å². The summed E-state index contributed by atoms with van der Waals surface area (Å²) in [7, 11) is 1.34. The Morgan fingerprint density at radius 1 is 1.48 bits per heavy atom. The monoisotopic (exact) mass is 348 g/mol. The fourth-order valence-electron chi connectivity index (χ4n) is 3.09. The van der Waals surface area contributed by atoms with Gasteiger partial charge in [0.25, 0.3) is 0 Å². The highest BCUT2D eigenvalue weighted by Gasteiger charge is 2.28. The molecule has 1 aromatic heterocycles. The summed E-state index contributed by atoms with van der Waals surface area (Å²) < 4.78 is 17.9. The van der Waals surface area contributed by atoms with E-state index in [0.29, 0.717) is 42.9 Å². The van der Waals surface area contributed by atoms with Crippen LogP contribution in [0.3, 0.4) is 0 Å². The number of halogens is 1. The van der Waals surface area contributed by atoms with Crippen LogP contribution in [0.2, 0.25) is 0 Å². The number of imidazole rings is 1. The van der Waals surface area contributed by atoms with Crippen molar-refractivity contribution in [2.45, 2.75) is 19.3 Å². The van der Waals surface area contributed by atoms with Gasteiger partial charge in [0.2, 0.25) is 5.91 Å². The van der Waals surface area contributed by atoms with Gasteiger partial charge in [0.05, 0.1) is 24.1 Å². The molecule has 2 N–H and O–H groups in total. The van der Waals surface area contributed by atoms with E-state index in [-0.39, 0.29) is 17.6 Å². The number of ether oxygens (including phenoxy) is 1. The van der Waals surface area contributed by atoms with Crippen LogP contribution in [-0.4, -0.2) is 53.6 Å². The Bertz CT molecular complexity index is 776. The molecule has 1 aliphatic rings. The van der Waals surface area contributed by atoms with Gasteiger partial charge in [0.1, 0.15) is 11.6 Å². The Hall–Kier alpha value is -2.64. The van der Waals surface area contributed by atoms with Crippen LogP contribution < -0.4 is 5.32 Å². The summed E-state index contributed by atoms with van der Waals surface area (Å²) in [6, 6.07) is 4.38. The number of nitrogens with zero attached hydrogens (tertiary/aromatic N) is 2. The van der Waals surface area contributed by atoms with Crippen LogP contribution >= 0.6 is 0 Å². The molecule has 2 heterocycles. The maximum atomic E-state index is 13.2. The third kappa shape index (κ3) is 4.07. The lowest BCUT2D eigenvalue weighted by atomic mass is 9.97. The summed E-state index contributed by atoms with van der Waals surface area (Å²) in [5.41, 5.74) is 1.34. The Balaban J connectivity index is 1.50. The number of hydrogen-bond donors (Lipinski definition) is 2. The van der Waals surface area contributed by atoms with E-state index in [1.54, 1.807) is 11.0 Å². The summed E-state index contributed by atoms with van der Waals surface area (Å²) in [6.45, 7) is 1.42. The summed E-state index contributed by atoms with van der Waals surface area (Å²) in [5.74, 6) is 0.0811. The standard InChI is InChI=1S/C17H21FN4O3/c1-25-17(24)22-8-2-3-11(10-22)16(23)19-7-6-15-20-13-5-4-12(18)9-14(13)21-15/h4-5,9,11H,2-3,6-8,10H2,1H3,(H,19,23)(H,20,21). The molecule has 7 nitrogen and oxygen atoms in total. The van der Waals surface area contributed by atoms with Crippen LogP contribution in [0.25, 0.3) is 11.0 Å². The van der Waals surface area contributed by atoms with E-state index in [2.05, 4.69) is 15.3 Å². The predicted octanol–water partition coefficient (Wildman–Crippen LogP) is 1.84. The van der Waals surface area contributed by atoms with E-state index >= 15 is 0 Å². The number of piperidine rings is 1. The Kier molecular flexibility index (Phi) is 5.16. The lowest BCUT2D eigenvalue weighted by molar-refractivity contribution is -0.126. The van der Waals surface area contributed by atoms with Gasteiger partial charge in [-0.25, -0.2) is 14.2 Å². The second-order valence-electron chi connectivity index (χ2n) is 6.14. The molecule has 0 bridgehead atoms. The van der Waals surface area contributed by atoms with Gasteiger partial charge in [-0.2, -0.15) is 0 Å². The Morgan fingerprint density at radius 2 is 2.32 bits per heavy atom. The third-order valence-corrected chi connectivity index (χ3v) is 4.38. The molecular formula is C17H21FN4O3. The van der Waals surface area contributed by atoms with Crippen LogP contribution in [-0.2, 0) is 16.0 Å². The van der Waals surface area contributed by atoms with Crippen molar-refractivity contribution in [3.05, 3.63) is 29.8 Å². The number of methoxy groups -OCH3 is 1. The summed E-state index contributed by atoms with van der Waals surface area (Å²) in [6.07, 6.45) is 1.66. The first kappa shape index (κ1) is 17.2. The zero-order chi connectivity index (χ0) is 17.8. The lowest BCUT2D eigenvalue weighted by Crippen LogP contribution is -2.45. The van der Waals surface area contributed by atoms with Crippen molar-refractivity contribution < 1.29 is 18.7 Å². The zero-order valence-electron chi connectivity index (χ0n) is 14.0. The maximum Gasteiger partial charge on any atom is 0.409 e. The molecule has 2 aromatic rings. The first-order chi connectivity index (χ1) is 12.1. The number of likely N-dealkylation sites (tertiary alicyclic amines) is 1. The number of hydrogen-bond acceptors (Lipinski definition) is 4. The number of H-pyrrole nitrogens is 1. The highest BCUT2D eigenvalue weighted by molar-refractivity contribution is 5.80. The van der Waals surface area contributed by atoms with E-state index in [1.807, 2.05) is 0 Å². The van der Waals surface area contributed by atoms with Crippen molar-refractivity contribution in [2.75, 3.05) is 26.7 Å². The molecule has 3 rings (SSSR count). The quantitative estimate of drug-likeness (QED) is 0.883. The fourth-order valence-corrected chi connectivity index (χ4v) is 3.09. The largest absolute Gasteiger partial charge is 0.453 e. The minimum Gasteiger partial charge on any atom is -0.453 e. The number of rotatable bonds is 4. The topological polar surface area (TPSA) is 87.3 Å². The Morgan fingerprint density at radius 3 is 3.12 bits per heavy atom. The van der Waals surface area contributed by atoms with E-state index < -0.39 is 6.09 Å². The first-order valence-electron chi connectivity index (χ1n) is 8.31. The van der Waals surface area contributed by atoms with Crippen LogP contribution in [0.5, 0.6) is 0 Å². The molecule has 0 aliphatic carbocycles. The van der Waals surface area contributed by atoms with Crippen molar-refractivity contribution in [3.63, 3.8) is 0 Å². The molecule has 0 spiro atoms. The van der Waals surface area contributed by atoms with Crippen LogP contribution in [0.15, 0.2) is 18.2 Å². The molecule has 1 unspecified atom stereocenters. The molecule has 25 heavy (non-hydrogen) atoms. The molecule has 0 saturated carbocycles. The van der Waals surface area contributed by atoms with Crippen LogP contribution in [0.1, 0.15) is 18.7 Å². The minimum absolute atomic E-state index is 0.0734. The smallest absolute Gasteiger partial charge is 0.409 e. The molecule has 1 atom stereocenters. The SMILES string of the molecule is COC(=O)N1CCCC(C(=O)NCCc2nc3ccc(F)cc3[nH]2)C1. The van der Waals surface area contributed by atoms with Gasteiger partial charge in [-0.3, -0.25) is 4.79 Å². The van der Waals surface area contributed by atoms with E-state index in [0.717, 1.165) is 12.8 Å². The van der Waals surface area contributed by atoms with Crippen molar-refractivity contribution >= 4 is 23.0 Å². The zero-order valence-corrected chi connectivity index (χ0v) is 14.0. The average Bonchev–Trinajstić information content (AvgIpc) is 3.02. The molecular weight excluding hydrogens is 327 g/mol. The molecule has 1 aromatic carbocycles. The van der Waals surface area contributed by atoms with Gasteiger partial charge >= 0.3 is 6.09 Å². The first-order valence-corrected chi connectivity index (χ1v) is 8.31. The number of carbonyl (C=O) groups excluding carboxylic acids is 2. The number of nitrogens with one attached hydrogen (secondary N) is 2. The predicted molar refractivity (Wildman–Crippen MR) is 89.5 cm³/mol. The molecule has 2 amide bonds. The number of fused-ring (bicyclic) bond motifs is 1. The van der Waals surface area contributed by atoms with Gasteiger partial charge in [-0.05, 0) is 31.0 Å². The fraction of sp³-hybridized carbons (Fsp3) is 0.471. The molecule has 0 radical (unpaired) electrons. The van der Waals surface area contributed by atoms with E-state index in [9.17, 15) is 14.0 Å². The molecule has 134 valence electrons.